The zero-order valence-electron chi connectivity index (χ0n) is 10.4. The summed E-state index contributed by atoms with van der Waals surface area (Å²) in [5.74, 6) is -1.04. The van der Waals surface area contributed by atoms with Crippen LogP contribution in [0.4, 0.5) is 4.39 Å². The zero-order valence-corrected chi connectivity index (χ0v) is 12.8. The molecule has 2 N–H and O–H groups in total. The fraction of sp³-hybridized carbons (Fsp3) is 0.417. The van der Waals surface area contributed by atoms with E-state index in [2.05, 4.69) is 15.9 Å². The first-order chi connectivity index (χ1) is 9.29. The van der Waals surface area contributed by atoms with Crippen LogP contribution in [-0.2, 0) is 14.8 Å². The molecular formula is C12H13BrFNO4S. The van der Waals surface area contributed by atoms with Crippen LogP contribution in [0.5, 0.6) is 0 Å². The number of ether oxygens (including phenoxy) is 1. The minimum atomic E-state index is -4.13. The molecule has 5 nitrogen and oxygen atoms in total. The van der Waals surface area contributed by atoms with Crippen molar-refractivity contribution in [1.29, 1.82) is 0 Å². The minimum absolute atomic E-state index is 0.175. The van der Waals surface area contributed by atoms with Crippen LogP contribution in [0.25, 0.3) is 0 Å². The molecule has 20 heavy (non-hydrogen) atoms. The van der Waals surface area contributed by atoms with E-state index in [-0.39, 0.29) is 16.6 Å². The Labute approximate surface area is 124 Å². The Bertz CT molecular complexity index is 643. The Balaban J connectivity index is 2.18. The third kappa shape index (κ3) is 3.77. The molecule has 0 amide bonds. The summed E-state index contributed by atoms with van der Waals surface area (Å²) >= 11 is 2.79. The van der Waals surface area contributed by atoms with Crippen LogP contribution in [0.1, 0.15) is 29.6 Å². The van der Waals surface area contributed by atoms with Gasteiger partial charge in [-0.3, -0.25) is 0 Å². The van der Waals surface area contributed by atoms with Gasteiger partial charge in [0.2, 0.25) is 10.0 Å². The number of hydrogen-bond acceptors (Lipinski definition) is 4. The molecule has 1 saturated carbocycles. The second-order valence-electron chi connectivity index (χ2n) is 4.68. The van der Waals surface area contributed by atoms with Gasteiger partial charge in [0, 0.05) is 0 Å². The maximum atomic E-state index is 13.6. The van der Waals surface area contributed by atoms with Gasteiger partial charge in [0.05, 0.1) is 21.5 Å². The van der Waals surface area contributed by atoms with E-state index in [1.165, 1.54) is 0 Å². The molecule has 0 saturated heterocycles. The number of primary sulfonamides is 1. The van der Waals surface area contributed by atoms with Gasteiger partial charge in [0.25, 0.3) is 0 Å². The highest BCUT2D eigenvalue weighted by Crippen LogP contribution is 2.32. The third-order valence-corrected chi connectivity index (χ3v) is 5.00. The number of carbonyl (C=O) groups excluding carboxylic acids is 1. The van der Waals surface area contributed by atoms with Gasteiger partial charge < -0.3 is 4.74 Å². The van der Waals surface area contributed by atoms with E-state index in [0.717, 1.165) is 31.4 Å². The fourth-order valence-corrected chi connectivity index (χ4v) is 3.24. The van der Waals surface area contributed by atoms with Crippen LogP contribution in [0.2, 0.25) is 0 Å². The molecule has 0 atom stereocenters. The Morgan fingerprint density at radius 2 is 2.10 bits per heavy atom. The molecule has 1 aromatic carbocycles. The summed E-state index contributed by atoms with van der Waals surface area (Å²) < 4.78 is 40.9. The van der Waals surface area contributed by atoms with Gasteiger partial charge in [0.1, 0.15) is 5.82 Å². The van der Waals surface area contributed by atoms with E-state index in [1.54, 1.807) is 0 Å². The molecule has 2 rings (SSSR count). The maximum absolute atomic E-state index is 13.6. The summed E-state index contributed by atoms with van der Waals surface area (Å²) in [6, 6.07) is 1.92. The Morgan fingerprint density at radius 3 is 2.65 bits per heavy atom. The summed E-state index contributed by atoms with van der Waals surface area (Å²) in [5.41, 5.74) is -0.175. The maximum Gasteiger partial charge on any atom is 0.338 e. The van der Waals surface area contributed by atoms with Gasteiger partial charge in [-0.2, -0.15) is 0 Å². The van der Waals surface area contributed by atoms with Crippen molar-refractivity contribution in [2.45, 2.75) is 24.2 Å². The van der Waals surface area contributed by atoms with Crippen molar-refractivity contribution in [2.24, 2.45) is 11.1 Å². The highest BCUT2D eigenvalue weighted by molar-refractivity contribution is 9.10. The lowest BCUT2D eigenvalue weighted by molar-refractivity contribution is 0.0494. The lowest BCUT2D eigenvalue weighted by atomic mass is 10.2. The summed E-state index contributed by atoms with van der Waals surface area (Å²) in [6.45, 7) is 0.242. The van der Waals surface area contributed by atoms with Crippen LogP contribution in [0.3, 0.4) is 0 Å². The predicted molar refractivity (Wildman–Crippen MR) is 73.1 cm³/mol. The van der Waals surface area contributed by atoms with Crippen molar-refractivity contribution in [1.82, 2.24) is 0 Å². The molecule has 1 aliphatic carbocycles. The van der Waals surface area contributed by atoms with Crippen LogP contribution >= 0.6 is 15.9 Å². The average Bonchev–Trinajstić information content (AvgIpc) is 3.14. The summed E-state index contributed by atoms with van der Waals surface area (Å²) in [5, 5.41) is 4.97. The molecule has 110 valence electrons. The molecule has 0 unspecified atom stereocenters. The lowest BCUT2D eigenvalue weighted by Crippen LogP contribution is -2.15. The first kappa shape index (κ1) is 15.4. The van der Waals surface area contributed by atoms with Crippen LogP contribution in [-0.4, -0.2) is 21.0 Å². The van der Waals surface area contributed by atoms with Crippen molar-refractivity contribution < 1.29 is 22.3 Å². The fourth-order valence-electron chi connectivity index (χ4n) is 1.70. The smallest absolute Gasteiger partial charge is 0.338 e. The van der Waals surface area contributed by atoms with Gasteiger partial charge in [-0.25, -0.2) is 22.7 Å². The van der Waals surface area contributed by atoms with Crippen LogP contribution in [0.15, 0.2) is 21.5 Å². The van der Waals surface area contributed by atoms with Gasteiger partial charge >= 0.3 is 5.97 Å². The van der Waals surface area contributed by atoms with E-state index in [9.17, 15) is 17.6 Å². The Kier molecular flexibility index (Phi) is 4.46. The SMILES string of the molecule is NS(=O)(=O)c1cc(C(=O)OCCC2CC2)cc(F)c1Br. The quantitative estimate of drug-likeness (QED) is 0.810. The lowest BCUT2D eigenvalue weighted by Gasteiger charge is -2.08. The number of hydrogen-bond donors (Lipinski definition) is 1. The second kappa shape index (κ2) is 5.79. The summed E-state index contributed by atoms with van der Waals surface area (Å²) in [4.78, 5) is 11.3. The van der Waals surface area contributed by atoms with Crippen LogP contribution in [0, 0.1) is 11.7 Å². The summed E-state index contributed by atoms with van der Waals surface area (Å²) in [7, 11) is -4.13. The molecule has 0 heterocycles. The highest BCUT2D eigenvalue weighted by atomic mass is 79.9. The standard InChI is InChI=1S/C12H13BrFNO4S/c13-11-9(14)5-8(6-10(11)20(15,17)18)12(16)19-4-3-7-1-2-7/h5-7H,1-4H2,(H2,15,17,18). The van der Waals surface area contributed by atoms with Gasteiger partial charge in [-0.15, -0.1) is 0 Å². The van der Waals surface area contributed by atoms with Gasteiger partial charge in [0.15, 0.2) is 0 Å². The van der Waals surface area contributed by atoms with Crippen molar-refractivity contribution in [2.75, 3.05) is 6.61 Å². The van der Waals surface area contributed by atoms with Crippen molar-refractivity contribution >= 4 is 31.9 Å². The van der Waals surface area contributed by atoms with Crippen molar-refractivity contribution in [3.63, 3.8) is 0 Å². The molecule has 1 fully saturated rings. The molecule has 1 aromatic rings. The Hall–Kier alpha value is -0.990. The molecular weight excluding hydrogens is 353 g/mol. The first-order valence-electron chi connectivity index (χ1n) is 5.98. The molecule has 8 heteroatoms. The third-order valence-electron chi connectivity index (χ3n) is 2.99. The molecule has 0 spiro atoms. The molecule has 0 aliphatic heterocycles. The van der Waals surface area contributed by atoms with E-state index in [1.807, 2.05) is 0 Å². The normalized spacial score (nSPS) is 15.2. The number of sulfonamides is 1. The van der Waals surface area contributed by atoms with Crippen molar-refractivity contribution in [3.8, 4) is 0 Å². The second-order valence-corrected chi connectivity index (χ2v) is 7.01. The monoisotopic (exact) mass is 365 g/mol. The predicted octanol–water partition coefficient (Wildman–Crippen LogP) is 2.19. The number of halogens is 2. The summed E-state index contributed by atoms with van der Waals surface area (Å²) in [6.07, 6.45) is 3.05. The van der Waals surface area contributed by atoms with E-state index in [4.69, 9.17) is 9.88 Å². The zero-order chi connectivity index (χ0) is 14.9. The van der Waals surface area contributed by atoms with Gasteiger partial charge in [-0.05, 0) is 40.4 Å². The van der Waals surface area contributed by atoms with Crippen molar-refractivity contribution in [3.05, 3.63) is 28.0 Å². The highest BCUT2D eigenvalue weighted by Gasteiger charge is 2.23. The molecule has 0 radical (unpaired) electrons. The number of rotatable bonds is 5. The molecule has 0 bridgehead atoms. The van der Waals surface area contributed by atoms with E-state index >= 15 is 0 Å². The Morgan fingerprint density at radius 1 is 1.45 bits per heavy atom. The van der Waals surface area contributed by atoms with Crippen LogP contribution < -0.4 is 5.14 Å². The molecule has 1 aliphatic rings. The minimum Gasteiger partial charge on any atom is -0.462 e. The number of carbonyl (C=O) groups is 1. The van der Waals surface area contributed by atoms with Gasteiger partial charge in [-0.1, -0.05) is 12.8 Å². The number of esters is 1. The molecule has 0 aromatic heterocycles. The largest absolute Gasteiger partial charge is 0.462 e. The number of nitrogens with two attached hydrogens (primary N) is 1. The van der Waals surface area contributed by atoms with E-state index in [0.29, 0.717) is 5.92 Å². The number of benzene rings is 1. The average molecular weight is 366 g/mol. The first-order valence-corrected chi connectivity index (χ1v) is 8.32. The topological polar surface area (TPSA) is 86.5 Å². The van der Waals surface area contributed by atoms with E-state index < -0.39 is 26.7 Å².